The van der Waals surface area contributed by atoms with E-state index in [2.05, 4.69) is 10.5 Å². The number of anilines is 1. The van der Waals surface area contributed by atoms with Crippen LogP contribution in [0.15, 0.2) is 57.9 Å². The van der Waals surface area contributed by atoms with Crippen LogP contribution in [-0.4, -0.2) is 44.0 Å². The summed E-state index contributed by atoms with van der Waals surface area (Å²) in [6, 6.07) is 13.0. The Labute approximate surface area is 191 Å². The zero-order chi connectivity index (χ0) is 22.7. The molecule has 168 valence electrons. The summed E-state index contributed by atoms with van der Waals surface area (Å²) in [5, 5.41) is 7.02. The minimum absolute atomic E-state index is 0.0134. The van der Waals surface area contributed by atoms with E-state index >= 15 is 0 Å². The Morgan fingerprint density at radius 2 is 1.91 bits per heavy atom. The van der Waals surface area contributed by atoms with Gasteiger partial charge in [-0.2, -0.15) is 4.31 Å². The molecule has 1 saturated heterocycles. The van der Waals surface area contributed by atoms with Gasteiger partial charge in [0.25, 0.3) is 5.91 Å². The van der Waals surface area contributed by atoms with Crippen LogP contribution in [0, 0.1) is 0 Å². The average molecular weight is 476 g/mol. The largest absolute Gasteiger partial charge is 0.495 e. The number of halogens is 1. The summed E-state index contributed by atoms with van der Waals surface area (Å²) in [4.78, 5) is 12.7. The highest BCUT2D eigenvalue weighted by molar-refractivity contribution is 7.89. The quantitative estimate of drug-likeness (QED) is 0.565. The van der Waals surface area contributed by atoms with E-state index < -0.39 is 15.9 Å². The lowest BCUT2D eigenvalue weighted by molar-refractivity contribution is 0.101. The van der Waals surface area contributed by atoms with E-state index in [1.165, 1.54) is 29.6 Å². The predicted octanol–water partition coefficient (Wildman–Crippen LogP) is 4.43. The molecule has 0 saturated carbocycles. The highest BCUT2D eigenvalue weighted by Gasteiger charge is 2.29. The molecule has 4 rings (SSSR count). The number of sulfonamides is 1. The molecule has 1 amide bonds. The Morgan fingerprint density at radius 1 is 1.12 bits per heavy atom. The van der Waals surface area contributed by atoms with Gasteiger partial charge in [-0.15, -0.1) is 0 Å². The van der Waals surface area contributed by atoms with Gasteiger partial charge in [0.05, 0.1) is 7.11 Å². The fourth-order valence-electron chi connectivity index (χ4n) is 3.56. The molecule has 0 unspecified atom stereocenters. The topological polar surface area (TPSA) is 102 Å². The number of benzene rings is 2. The molecule has 1 N–H and O–H groups in total. The van der Waals surface area contributed by atoms with Crippen molar-refractivity contribution in [3.63, 3.8) is 0 Å². The second-order valence-corrected chi connectivity index (χ2v) is 9.71. The third-order valence-electron chi connectivity index (χ3n) is 5.21. The molecule has 10 heteroatoms. The van der Waals surface area contributed by atoms with Crippen LogP contribution in [-0.2, 0) is 10.0 Å². The molecular formula is C22H22ClN3O5S. The molecule has 0 spiro atoms. The standard InChI is InChI=1S/C22H22ClN3O5S/c1-30-19-9-8-17(13-21(19)32(28,29)26-10-3-2-4-11-26)24-22(27)18-14-20(31-25-18)15-6-5-7-16(23)12-15/h5-9,12-14H,2-4,10-11H2,1H3,(H,24,27). The van der Waals surface area contributed by atoms with Crippen molar-refractivity contribution in [3.8, 4) is 17.1 Å². The van der Waals surface area contributed by atoms with Gasteiger partial charge < -0.3 is 14.6 Å². The third-order valence-corrected chi connectivity index (χ3v) is 7.36. The smallest absolute Gasteiger partial charge is 0.277 e. The summed E-state index contributed by atoms with van der Waals surface area (Å²) >= 11 is 6.00. The first kappa shape index (κ1) is 22.3. The third kappa shape index (κ3) is 4.64. The van der Waals surface area contributed by atoms with Gasteiger partial charge in [0.1, 0.15) is 10.6 Å². The van der Waals surface area contributed by atoms with Gasteiger partial charge in [0, 0.05) is 35.4 Å². The molecule has 1 aromatic heterocycles. The molecule has 2 heterocycles. The van der Waals surface area contributed by atoms with Crippen molar-refractivity contribution < 1.29 is 22.5 Å². The number of aromatic nitrogens is 1. The number of ether oxygens (including phenoxy) is 1. The van der Waals surface area contributed by atoms with Crippen LogP contribution in [0.25, 0.3) is 11.3 Å². The lowest BCUT2D eigenvalue weighted by Crippen LogP contribution is -2.35. The van der Waals surface area contributed by atoms with Crippen LogP contribution in [0.4, 0.5) is 5.69 Å². The van der Waals surface area contributed by atoms with Gasteiger partial charge in [0.15, 0.2) is 11.5 Å². The fourth-order valence-corrected chi connectivity index (χ4v) is 5.44. The summed E-state index contributed by atoms with van der Waals surface area (Å²) in [5.74, 6) is 0.0764. The summed E-state index contributed by atoms with van der Waals surface area (Å²) in [6.45, 7) is 0.931. The van der Waals surface area contributed by atoms with Crippen molar-refractivity contribution >= 4 is 33.2 Å². The zero-order valence-electron chi connectivity index (χ0n) is 17.4. The Balaban J connectivity index is 1.57. The molecule has 2 aromatic carbocycles. The number of nitrogens with zero attached hydrogens (tertiary/aromatic N) is 2. The second-order valence-electron chi connectivity index (χ2n) is 7.37. The molecular weight excluding hydrogens is 454 g/mol. The first-order valence-electron chi connectivity index (χ1n) is 10.1. The van der Waals surface area contributed by atoms with E-state index in [9.17, 15) is 13.2 Å². The van der Waals surface area contributed by atoms with Gasteiger partial charge in [-0.1, -0.05) is 35.3 Å². The summed E-state index contributed by atoms with van der Waals surface area (Å²) in [5.41, 5.74) is 1.04. The Kier molecular flexibility index (Phi) is 6.50. The maximum absolute atomic E-state index is 13.2. The Hall–Kier alpha value is -2.88. The van der Waals surface area contributed by atoms with Gasteiger partial charge in [-0.05, 0) is 43.2 Å². The molecule has 0 atom stereocenters. The van der Waals surface area contributed by atoms with Crippen LogP contribution < -0.4 is 10.1 Å². The second kappa shape index (κ2) is 9.32. The Bertz CT molecular complexity index is 1240. The van der Waals surface area contributed by atoms with Crippen molar-refractivity contribution in [2.75, 3.05) is 25.5 Å². The van der Waals surface area contributed by atoms with Crippen LogP contribution in [0.3, 0.4) is 0 Å². The van der Waals surface area contributed by atoms with Crippen LogP contribution in [0.2, 0.25) is 5.02 Å². The lowest BCUT2D eigenvalue weighted by atomic mass is 10.1. The summed E-state index contributed by atoms with van der Waals surface area (Å²) in [7, 11) is -2.34. The maximum atomic E-state index is 13.2. The number of carbonyl (C=O) groups is 1. The first-order valence-corrected chi connectivity index (χ1v) is 11.9. The van der Waals surface area contributed by atoms with E-state index in [0.29, 0.717) is 35.1 Å². The van der Waals surface area contributed by atoms with Crippen molar-refractivity contribution in [3.05, 3.63) is 59.2 Å². The van der Waals surface area contributed by atoms with Crippen LogP contribution >= 0.6 is 11.6 Å². The van der Waals surface area contributed by atoms with Crippen molar-refractivity contribution in [1.82, 2.24) is 9.46 Å². The van der Waals surface area contributed by atoms with E-state index in [-0.39, 0.29) is 16.3 Å². The maximum Gasteiger partial charge on any atom is 0.277 e. The number of hydrogen-bond acceptors (Lipinski definition) is 6. The molecule has 3 aromatic rings. The monoisotopic (exact) mass is 475 g/mol. The SMILES string of the molecule is COc1ccc(NC(=O)c2cc(-c3cccc(Cl)c3)on2)cc1S(=O)(=O)N1CCCCC1. The van der Waals surface area contributed by atoms with Crippen molar-refractivity contribution in [1.29, 1.82) is 0 Å². The molecule has 32 heavy (non-hydrogen) atoms. The predicted molar refractivity (Wildman–Crippen MR) is 121 cm³/mol. The molecule has 0 radical (unpaired) electrons. The van der Waals surface area contributed by atoms with Crippen LogP contribution in [0.1, 0.15) is 29.8 Å². The fraction of sp³-hybridized carbons (Fsp3) is 0.273. The van der Waals surface area contributed by atoms with Crippen LogP contribution in [0.5, 0.6) is 5.75 Å². The highest BCUT2D eigenvalue weighted by atomic mass is 35.5. The van der Waals surface area contributed by atoms with Gasteiger partial charge >= 0.3 is 0 Å². The molecule has 1 aliphatic heterocycles. The van der Waals surface area contributed by atoms with E-state index in [1.54, 1.807) is 30.3 Å². The van der Waals surface area contributed by atoms with Gasteiger partial charge in [-0.25, -0.2) is 8.42 Å². The van der Waals surface area contributed by atoms with E-state index in [0.717, 1.165) is 19.3 Å². The molecule has 1 fully saturated rings. The number of carbonyl (C=O) groups excluding carboxylic acids is 1. The number of piperidine rings is 1. The molecule has 0 aliphatic carbocycles. The number of amides is 1. The number of rotatable bonds is 6. The first-order chi connectivity index (χ1) is 15.4. The van der Waals surface area contributed by atoms with E-state index in [1.807, 2.05) is 0 Å². The van der Waals surface area contributed by atoms with Crippen molar-refractivity contribution in [2.45, 2.75) is 24.2 Å². The normalized spacial score (nSPS) is 14.8. The summed E-state index contributed by atoms with van der Waals surface area (Å²) < 4.78 is 38.3. The zero-order valence-corrected chi connectivity index (χ0v) is 18.9. The molecule has 0 bridgehead atoms. The number of methoxy groups -OCH3 is 1. The lowest BCUT2D eigenvalue weighted by Gasteiger charge is -2.26. The number of nitrogens with one attached hydrogen (secondary N) is 1. The van der Waals surface area contributed by atoms with Gasteiger partial charge in [0.2, 0.25) is 10.0 Å². The average Bonchev–Trinajstić information content (AvgIpc) is 3.30. The van der Waals surface area contributed by atoms with Crippen molar-refractivity contribution in [2.24, 2.45) is 0 Å². The minimum atomic E-state index is -3.75. The summed E-state index contributed by atoms with van der Waals surface area (Å²) in [6.07, 6.45) is 2.65. The number of hydrogen-bond donors (Lipinski definition) is 1. The molecule has 1 aliphatic rings. The van der Waals surface area contributed by atoms with E-state index in [4.69, 9.17) is 20.9 Å². The Morgan fingerprint density at radius 3 is 2.62 bits per heavy atom. The minimum Gasteiger partial charge on any atom is -0.495 e. The molecule has 8 nitrogen and oxygen atoms in total. The van der Waals surface area contributed by atoms with Gasteiger partial charge in [-0.3, -0.25) is 4.79 Å². The highest BCUT2D eigenvalue weighted by Crippen LogP contribution is 2.31.